The van der Waals surface area contributed by atoms with Gasteiger partial charge in [0.25, 0.3) is 0 Å². The van der Waals surface area contributed by atoms with Crippen LogP contribution >= 0.6 is 0 Å². The monoisotopic (exact) mass is 302 g/mol. The molecule has 0 unspecified atom stereocenters. The zero-order valence-corrected chi connectivity index (χ0v) is 15.4. The molecule has 2 rings (SSSR count). The Labute approximate surface area is 137 Å². The first kappa shape index (κ1) is 17.3. The molecule has 0 aromatic heterocycles. The average Bonchev–Trinajstić information content (AvgIpc) is 2.47. The highest BCUT2D eigenvalue weighted by Crippen LogP contribution is 2.38. The van der Waals surface area contributed by atoms with E-state index in [0.717, 1.165) is 31.6 Å². The van der Waals surface area contributed by atoms with Gasteiger partial charge in [-0.2, -0.15) is 0 Å². The Balaban J connectivity index is 2.43. The highest BCUT2D eigenvalue weighted by Gasteiger charge is 2.33. The normalized spacial score (nSPS) is 16.6. The van der Waals surface area contributed by atoms with Crippen LogP contribution in [-0.2, 0) is 18.4 Å². The summed E-state index contributed by atoms with van der Waals surface area (Å²) in [5, 5.41) is 0. The van der Waals surface area contributed by atoms with Crippen LogP contribution in [0.1, 0.15) is 77.5 Å². The fourth-order valence-electron chi connectivity index (χ4n) is 3.81. The second kappa shape index (κ2) is 6.23. The lowest BCUT2D eigenvalue weighted by Crippen LogP contribution is -2.47. The first-order valence-electron chi connectivity index (χ1n) is 8.88. The predicted octanol–water partition coefficient (Wildman–Crippen LogP) is 4.89. The largest absolute Gasteiger partial charge is 0.398 e. The summed E-state index contributed by atoms with van der Waals surface area (Å²) in [6.07, 6.45) is 4.72. The van der Waals surface area contributed by atoms with Gasteiger partial charge in [0.15, 0.2) is 0 Å². The number of anilines is 1. The van der Waals surface area contributed by atoms with E-state index in [1.54, 1.807) is 0 Å². The molecule has 2 nitrogen and oxygen atoms in total. The third-order valence-electron chi connectivity index (χ3n) is 5.78. The van der Waals surface area contributed by atoms with Crippen LogP contribution in [0.2, 0.25) is 0 Å². The second-order valence-electron chi connectivity index (χ2n) is 8.13. The summed E-state index contributed by atoms with van der Waals surface area (Å²) in [6, 6.07) is 4.40. The third kappa shape index (κ3) is 3.17. The van der Waals surface area contributed by atoms with E-state index >= 15 is 0 Å². The number of fused-ring (bicyclic) bond motifs is 1. The summed E-state index contributed by atoms with van der Waals surface area (Å²) in [7, 11) is 0. The minimum atomic E-state index is 0.218. The molecule has 0 fully saturated rings. The van der Waals surface area contributed by atoms with Crippen LogP contribution in [0.5, 0.6) is 0 Å². The van der Waals surface area contributed by atoms with E-state index in [2.05, 4.69) is 58.6 Å². The van der Waals surface area contributed by atoms with Crippen LogP contribution in [0, 0.1) is 0 Å². The van der Waals surface area contributed by atoms with Crippen molar-refractivity contribution >= 4 is 5.69 Å². The molecule has 0 bridgehead atoms. The Hall–Kier alpha value is -1.02. The van der Waals surface area contributed by atoms with E-state index in [4.69, 9.17) is 5.73 Å². The molecule has 0 spiro atoms. The topological polar surface area (TPSA) is 29.3 Å². The summed E-state index contributed by atoms with van der Waals surface area (Å²) in [4.78, 5) is 2.66. The molecule has 0 saturated heterocycles. The highest BCUT2D eigenvalue weighted by molar-refractivity contribution is 5.56. The molecule has 0 radical (unpaired) electrons. The van der Waals surface area contributed by atoms with E-state index in [1.165, 1.54) is 29.5 Å². The molecule has 2 N–H and O–H groups in total. The molecule has 0 atom stereocenters. The number of rotatable bonds is 5. The fourth-order valence-corrected chi connectivity index (χ4v) is 3.81. The van der Waals surface area contributed by atoms with Crippen LogP contribution in [0.4, 0.5) is 5.69 Å². The van der Waals surface area contributed by atoms with Gasteiger partial charge in [0, 0.05) is 24.3 Å². The van der Waals surface area contributed by atoms with Gasteiger partial charge < -0.3 is 5.73 Å². The molecule has 1 aromatic carbocycles. The van der Waals surface area contributed by atoms with E-state index < -0.39 is 0 Å². The van der Waals surface area contributed by atoms with Crippen molar-refractivity contribution in [1.29, 1.82) is 0 Å². The quantitative estimate of drug-likeness (QED) is 0.784. The molecular formula is C20H34N2. The van der Waals surface area contributed by atoms with Crippen molar-refractivity contribution in [2.45, 2.75) is 84.7 Å². The molecule has 1 aromatic rings. The van der Waals surface area contributed by atoms with E-state index in [-0.39, 0.29) is 11.0 Å². The maximum atomic E-state index is 6.29. The summed E-state index contributed by atoms with van der Waals surface area (Å²) in [6.45, 7) is 16.2. The fraction of sp³-hybridized carbons (Fsp3) is 0.700. The molecule has 1 aliphatic heterocycles. The third-order valence-corrected chi connectivity index (χ3v) is 5.78. The van der Waals surface area contributed by atoms with Gasteiger partial charge in [0.2, 0.25) is 0 Å². The zero-order chi connectivity index (χ0) is 16.5. The molecule has 1 aliphatic rings. The summed E-state index contributed by atoms with van der Waals surface area (Å²) >= 11 is 0. The molecule has 0 amide bonds. The number of nitrogen functional groups attached to an aromatic ring is 1. The minimum Gasteiger partial charge on any atom is -0.398 e. The van der Waals surface area contributed by atoms with Gasteiger partial charge in [0.05, 0.1) is 0 Å². The maximum Gasteiger partial charge on any atom is 0.0350 e. The number of hydrogen-bond acceptors (Lipinski definition) is 2. The number of benzene rings is 1. The Morgan fingerprint density at radius 3 is 2.36 bits per heavy atom. The Morgan fingerprint density at radius 1 is 1.09 bits per heavy atom. The lowest BCUT2D eigenvalue weighted by molar-refractivity contribution is 0.0944. The van der Waals surface area contributed by atoms with Crippen LogP contribution in [0.15, 0.2) is 12.1 Å². The molecule has 124 valence electrons. The van der Waals surface area contributed by atoms with Crippen LogP contribution < -0.4 is 5.73 Å². The summed E-state index contributed by atoms with van der Waals surface area (Å²) in [5.41, 5.74) is 12.2. The average molecular weight is 303 g/mol. The molecule has 0 aliphatic carbocycles. The van der Waals surface area contributed by atoms with Gasteiger partial charge in [-0.25, -0.2) is 0 Å². The predicted molar refractivity (Wildman–Crippen MR) is 97.3 cm³/mol. The van der Waals surface area contributed by atoms with Crippen molar-refractivity contribution in [1.82, 2.24) is 4.90 Å². The molecule has 0 saturated carbocycles. The number of nitrogens with two attached hydrogens (primary N) is 1. The first-order chi connectivity index (χ1) is 10.2. The van der Waals surface area contributed by atoms with Gasteiger partial charge in [-0.3, -0.25) is 4.90 Å². The lowest BCUT2D eigenvalue weighted by Gasteiger charge is -2.43. The maximum absolute atomic E-state index is 6.29. The molecule has 2 heteroatoms. The number of hydrogen-bond donors (Lipinski definition) is 1. The standard InChI is InChI=1S/C20H34N2/c1-7-12-20(5,6)22-13-11-15-16(14-22)17(9-10-18(15)21)19(3,4)8-2/h9-10H,7-8,11-14,21H2,1-6H3. The van der Waals surface area contributed by atoms with Gasteiger partial charge in [0.1, 0.15) is 0 Å². The summed E-state index contributed by atoms with van der Waals surface area (Å²) in [5.74, 6) is 0. The minimum absolute atomic E-state index is 0.218. The Kier molecular flexibility index (Phi) is 4.91. The van der Waals surface area contributed by atoms with Crippen molar-refractivity contribution in [2.75, 3.05) is 12.3 Å². The smallest absolute Gasteiger partial charge is 0.0350 e. The molecule has 22 heavy (non-hydrogen) atoms. The molecule has 1 heterocycles. The van der Waals surface area contributed by atoms with Crippen LogP contribution in [0.25, 0.3) is 0 Å². The van der Waals surface area contributed by atoms with Crippen molar-refractivity contribution in [3.8, 4) is 0 Å². The lowest BCUT2D eigenvalue weighted by atomic mass is 9.76. The van der Waals surface area contributed by atoms with E-state index in [0.29, 0.717) is 0 Å². The summed E-state index contributed by atoms with van der Waals surface area (Å²) < 4.78 is 0. The van der Waals surface area contributed by atoms with E-state index in [9.17, 15) is 0 Å². The Morgan fingerprint density at radius 2 is 1.77 bits per heavy atom. The van der Waals surface area contributed by atoms with Gasteiger partial charge in [-0.05, 0) is 61.3 Å². The van der Waals surface area contributed by atoms with Gasteiger partial charge >= 0.3 is 0 Å². The SMILES string of the molecule is CCCC(C)(C)N1CCc2c(N)ccc(C(C)(C)CC)c2C1. The Bertz CT molecular complexity index is 529. The van der Waals surface area contributed by atoms with Gasteiger partial charge in [-0.1, -0.05) is 40.2 Å². The van der Waals surface area contributed by atoms with Crippen molar-refractivity contribution < 1.29 is 0 Å². The van der Waals surface area contributed by atoms with E-state index in [1.807, 2.05) is 0 Å². The highest BCUT2D eigenvalue weighted by atomic mass is 15.2. The van der Waals surface area contributed by atoms with Crippen LogP contribution in [0.3, 0.4) is 0 Å². The molecular weight excluding hydrogens is 268 g/mol. The van der Waals surface area contributed by atoms with Crippen LogP contribution in [-0.4, -0.2) is 17.0 Å². The van der Waals surface area contributed by atoms with Crippen molar-refractivity contribution in [3.63, 3.8) is 0 Å². The van der Waals surface area contributed by atoms with Crippen molar-refractivity contribution in [3.05, 3.63) is 28.8 Å². The number of nitrogens with zero attached hydrogens (tertiary/aromatic N) is 1. The zero-order valence-electron chi connectivity index (χ0n) is 15.4. The second-order valence-corrected chi connectivity index (χ2v) is 8.13. The first-order valence-corrected chi connectivity index (χ1v) is 8.88. The van der Waals surface area contributed by atoms with Gasteiger partial charge in [-0.15, -0.1) is 0 Å². The van der Waals surface area contributed by atoms with Crippen molar-refractivity contribution in [2.24, 2.45) is 0 Å².